The maximum atomic E-state index is 6.11. The highest BCUT2D eigenvalue weighted by Crippen LogP contribution is 2.35. The highest BCUT2D eigenvalue weighted by atomic mass is 35.5. The summed E-state index contributed by atoms with van der Waals surface area (Å²) < 4.78 is 5.57. The molecular weight excluding hydrogens is 341 g/mol. The van der Waals surface area contributed by atoms with Crippen molar-refractivity contribution in [2.24, 2.45) is 10.8 Å². The summed E-state index contributed by atoms with van der Waals surface area (Å²) in [7, 11) is 0. The number of nitrogens with zero attached hydrogens (tertiary/aromatic N) is 1. The van der Waals surface area contributed by atoms with E-state index in [2.05, 4.69) is 22.7 Å². The van der Waals surface area contributed by atoms with Crippen LogP contribution in [0.1, 0.15) is 5.76 Å². The first kappa shape index (κ1) is 15.1. The van der Waals surface area contributed by atoms with E-state index in [1.54, 1.807) is 24.3 Å². The van der Waals surface area contributed by atoms with Gasteiger partial charge in [-0.05, 0) is 36.5 Å². The highest BCUT2D eigenvalue weighted by molar-refractivity contribution is 7.80. The number of nitrogens with one attached hydrogen (secondary N) is 1. The first-order valence-electron chi connectivity index (χ1n) is 5.30. The van der Waals surface area contributed by atoms with E-state index in [1.807, 2.05) is 0 Å². The summed E-state index contributed by atoms with van der Waals surface area (Å²) in [6.45, 7) is 0. The van der Waals surface area contributed by atoms with Crippen molar-refractivity contribution >= 4 is 58.3 Å². The van der Waals surface area contributed by atoms with Gasteiger partial charge in [0.05, 0.1) is 21.3 Å². The van der Waals surface area contributed by atoms with Gasteiger partial charge in [-0.25, -0.2) is 0 Å². The van der Waals surface area contributed by atoms with Gasteiger partial charge < -0.3 is 10.2 Å². The summed E-state index contributed by atoms with van der Waals surface area (Å²) in [5.41, 5.74) is 8.30. The van der Waals surface area contributed by atoms with Gasteiger partial charge in [0, 0.05) is 5.56 Å². The Balaban J connectivity index is 2.27. The number of halogens is 3. The van der Waals surface area contributed by atoms with Crippen molar-refractivity contribution in [2.45, 2.75) is 0 Å². The van der Waals surface area contributed by atoms with Gasteiger partial charge in [0.25, 0.3) is 0 Å². The normalized spacial score (nSPS) is 10.9. The van der Waals surface area contributed by atoms with E-state index in [0.717, 1.165) is 0 Å². The van der Waals surface area contributed by atoms with Crippen molar-refractivity contribution in [3.8, 4) is 11.3 Å². The summed E-state index contributed by atoms with van der Waals surface area (Å²) in [5, 5.41) is 5.08. The molecule has 1 aromatic heterocycles. The minimum Gasteiger partial charge on any atom is -0.455 e. The zero-order valence-corrected chi connectivity index (χ0v) is 12.9. The average Bonchev–Trinajstić information content (AvgIpc) is 2.82. The lowest BCUT2D eigenvalue weighted by atomic mass is 10.2. The molecule has 0 aliphatic carbocycles. The molecule has 3 N–H and O–H groups in total. The molecule has 0 atom stereocenters. The second-order valence-electron chi connectivity index (χ2n) is 3.68. The number of furan rings is 1. The smallest absolute Gasteiger partial charge is 0.184 e. The lowest BCUT2D eigenvalue weighted by molar-refractivity contribution is 0.574. The van der Waals surface area contributed by atoms with Gasteiger partial charge in [-0.3, -0.25) is 5.43 Å². The minimum atomic E-state index is 0.0700. The average molecular weight is 349 g/mol. The molecule has 0 aliphatic rings. The Morgan fingerprint density at radius 3 is 2.60 bits per heavy atom. The predicted molar refractivity (Wildman–Crippen MR) is 86.7 cm³/mol. The van der Waals surface area contributed by atoms with Crippen LogP contribution in [0.4, 0.5) is 0 Å². The molecule has 104 valence electrons. The molecule has 0 saturated heterocycles. The van der Waals surface area contributed by atoms with Crippen LogP contribution in [-0.4, -0.2) is 11.3 Å². The van der Waals surface area contributed by atoms with E-state index in [1.165, 1.54) is 6.21 Å². The van der Waals surface area contributed by atoms with Crippen LogP contribution in [0.2, 0.25) is 15.1 Å². The van der Waals surface area contributed by atoms with Crippen LogP contribution in [0, 0.1) is 0 Å². The molecule has 0 unspecified atom stereocenters. The molecule has 0 saturated carbocycles. The van der Waals surface area contributed by atoms with E-state index in [4.69, 9.17) is 45.0 Å². The quantitative estimate of drug-likeness (QED) is 0.380. The molecule has 4 nitrogen and oxygen atoms in total. The number of hydrogen-bond acceptors (Lipinski definition) is 3. The Morgan fingerprint density at radius 1 is 1.20 bits per heavy atom. The molecule has 0 fully saturated rings. The number of rotatable bonds is 3. The standard InChI is InChI=1S/C12H8Cl3N3OS/c13-8-4-10(15)9(14)3-7(8)11-2-1-6(19-11)5-17-18-12(16)20/h1-5H,(H3,16,18,20)/b17-5+. The maximum Gasteiger partial charge on any atom is 0.184 e. The summed E-state index contributed by atoms with van der Waals surface area (Å²) in [5.74, 6) is 1.05. The molecule has 20 heavy (non-hydrogen) atoms. The Kier molecular flexibility index (Phi) is 4.88. The topological polar surface area (TPSA) is 63.5 Å². The fourth-order valence-corrected chi connectivity index (χ4v) is 2.13. The number of hydrazone groups is 1. The lowest BCUT2D eigenvalue weighted by Gasteiger charge is -2.03. The number of benzene rings is 1. The number of nitrogens with two attached hydrogens (primary N) is 1. The van der Waals surface area contributed by atoms with Gasteiger partial charge in [0.2, 0.25) is 0 Å². The lowest BCUT2D eigenvalue weighted by Crippen LogP contribution is -2.23. The largest absolute Gasteiger partial charge is 0.455 e. The third kappa shape index (κ3) is 3.64. The van der Waals surface area contributed by atoms with Crippen LogP contribution < -0.4 is 11.2 Å². The van der Waals surface area contributed by atoms with Crippen molar-refractivity contribution in [3.05, 3.63) is 45.1 Å². The molecule has 1 aromatic carbocycles. The molecule has 0 aliphatic heterocycles. The van der Waals surface area contributed by atoms with Gasteiger partial charge in [-0.15, -0.1) is 0 Å². The molecule has 2 rings (SSSR count). The zero-order chi connectivity index (χ0) is 14.7. The van der Waals surface area contributed by atoms with Crippen LogP contribution in [0.15, 0.2) is 33.8 Å². The van der Waals surface area contributed by atoms with Gasteiger partial charge in [0.1, 0.15) is 11.5 Å². The molecule has 2 aromatic rings. The summed E-state index contributed by atoms with van der Waals surface area (Å²) in [6, 6.07) is 6.66. The monoisotopic (exact) mass is 347 g/mol. The molecule has 0 bridgehead atoms. The first-order valence-corrected chi connectivity index (χ1v) is 6.85. The third-order valence-electron chi connectivity index (χ3n) is 2.27. The van der Waals surface area contributed by atoms with Crippen molar-refractivity contribution in [2.75, 3.05) is 0 Å². The molecule has 8 heteroatoms. The summed E-state index contributed by atoms with van der Waals surface area (Å²) >= 11 is 22.6. The Hall–Kier alpha value is -1.27. The van der Waals surface area contributed by atoms with Crippen molar-refractivity contribution in [1.82, 2.24) is 5.43 Å². The SMILES string of the molecule is NC(=S)N/N=C/c1ccc(-c2cc(Cl)c(Cl)cc2Cl)o1. The van der Waals surface area contributed by atoms with Gasteiger partial charge >= 0.3 is 0 Å². The van der Waals surface area contributed by atoms with Crippen LogP contribution in [0.5, 0.6) is 0 Å². The summed E-state index contributed by atoms with van der Waals surface area (Å²) in [6.07, 6.45) is 1.44. The van der Waals surface area contributed by atoms with Crippen LogP contribution >= 0.6 is 47.0 Å². The molecule has 1 heterocycles. The Labute approximate surface area is 135 Å². The van der Waals surface area contributed by atoms with Crippen LogP contribution in [0.3, 0.4) is 0 Å². The third-order valence-corrected chi connectivity index (χ3v) is 3.39. The summed E-state index contributed by atoms with van der Waals surface area (Å²) in [4.78, 5) is 0. The predicted octanol–water partition coefficient (Wildman–Crippen LogP) is 4.07. The van der Waals surface area contributed by atoms with Gasteiger partial charge in [-0.1, -0.05) is 34.8 Å². The van der Waals surface area contributed by atoms with E-state index in [0.29, 0.717) is 32.2 Å². The highest BCUT2D eigenvalue weighted by Gasteiger charge is 2.11. The zero-order valence-electron chi connectivity index (χ0n) is 9.86. The van der Waals surface area contributed by atoms with Crippen LogP contribution in [0.25, 0.3) is 11.3 Å². The van der Waals surface area contributed by atoms with Crippen molar-refractivity contribution in [3.63, 3.8) is 0 Å². The Bertz CT molecular complexity index is 685. The maximum absolute atomic E-state index is 6.11. The number of thiocarbonyl (C=S) groups is 1. The molecule has 0 amide bonds. The van der Waals surface area contributed by atoms with Gasteiger partial charge in [-0.2, -0.15) is 5.10 Å². The second-order valence-corrected chi connectivity index (χ2v) is 5.34. The van der Waals surface area contributed by atoms with Crippen LogP contribution in [-0.2, 0) is 0 Å². The molecule has 0 spiro atoms. The minimum absolute atomic E-state index is 0.0700. The fourth-order valence-electron chi connectivity index (χ4n) is 1.44. The second kappa shape index (κ2) is 6.45. The van der Waals surface area contributed by atoms with E-state index in [-0.39, 0.29) is 5.11 Å². The van der Waals surface area contributed by atoms with E-state index in [9.17, 15) is 0 Å². The van der Waals surface area contributed by atoms with E-state index < -0.39 is 0 Å². The van der Waals surface area contributed by atoms with Gasteiger partial charge in [0.15, 0.2) is 5.11 Å². The Morgan fingerprint density at radius 2 is 1.90 bits per heavy atom. The first-order chi connectivity index (χ1) is 9.47. The molecule has 0 radical (unpaired) electrons. The van der Waals surface area contributed by atoms with Crippen molar-refractivity contribution < 1.29 is 4.42 Å². The molecular formula is C12H8Cl3N3OS. The van der Waals surface area contributed by atoms with E-state index >= 15 is 0 Å². The fraction of sp³-hybridized carbons (Fsp3) is 0. The van der Waals surface area contributed by atoms with Crippen molar-refractivity contribution in [1.29, 1.82) is 0 Å². The number of hydrogen-bond donors (Lipinski definition) is 2.